The van der Waals surface area contributed by atoms with Crippen LogP contribution in [0.25, 0.3) is 0 Å². The second-order valence-corrected chi connectivity index (χ2v) is 6.35. The number of hydrogen-bond donors (Lipinski definition) is 2. The summed E-state index contributed by atoms with van der Waals surface area (Å²) < 4.78 is 16.0. The van der Waals surface area contributed by atoms with Crippen LogP contribution in [0.4, 0.5) is 10.5 Å². The van der Waals surface area contributed by atoms with Gasteiger partial charge in [-0.1, -0.05) is 12.1 Å². The third-order valence-electron chi connectivity index (χ3n) is 4.21. The normalized spacial score (nSPS) is 10.1. The molecule has 0 aliphatic rings. The molecule has 8 nitrogen and oxygen atoms in total. The standard InChI is InChI=1S/C22H26N2O6/c1-5-28-18-11-10-16(12-19(18)29-6-2)23-22(27)24-20(25)13-30-21(26)17-9-7-8-14(3)15(17)4/h7-12H,5-6,13H2,1-4H3,(H2,23,24,25,27). The van der Waals surface area contributed by atoms with Gasteiger partial charge in [0.05, 0.1) is 18.8 Å². The van der Waals surface area contributed by atoms with Gasteiger partial charge in [0.1, 0.15) is 0 Å². The summed E-state index contributed by atoms with van der Waals surface area (Å²) in [7, 11) is 0. The Hall–Kier alpha value is -3.55. The summed E-state index contributed by atoms with van der Waals surface area (Å²) in [5.74, 6) is -0.340. The third-order valence-corrected chi connectivity index (χ3v) is 4.21. The van der Waals surface area contributed by atoms with E-state index in [4.69, 9.17) is 14.2 Å². The minimum atomic E-state index is -0.755. The molecule has 0 aliphatic carbocycles. The van der Waals surface area contributed by atoms with Crippen molar-refractivity contribution in [1.82, 2.24) is 5.32 Å². The smallest absolute Gasteiger partial charge is 0.338 e. The first kappa shape index (κ1) is 22.7. The van der Waals surface area contributed by atoms with Crippen LogP contribution >= 0.6 is 0 Å². The van der Waals surface area contributed by atoms with Crippen LogP contribution in [0, 0.1) is 13.8 Å². The number of carbonyl (C=O) groups excluding carboxylic acids is 3. The molecule has 2 aromatic rings. The van der Waals surface area contributed by atoms with Gasteiger partial charge in [-0.05, 0) is 57.0 Å². The van der Waals surface area contributed by atoms with E-state index >= 15 is 0 Å². The van der Waals surface area contributed by atoms with Crippen LogP contribution in [0.15, 0.2) is 36.4 Å². The summed E-state index contributed by atoms with van der Waals surface area (Å²) >= 11 is 0. The van der Waals surface area contributed by atoms with Crippen molar-refractivity contribution in [2.75, 3.05) is 25.1 Å². The monoisotopic (exact) mass is 414 g/mol. The van der Waals surface area contributed by atoms with Crippen LogP contribution in [0.1, 0.15) is 35.3 Å². The average Bonchev–Trinajstić information content (AvgIpc) is 2.70. The second-order valence-electron chi connectivity index (χ2n) is 6.35. The Morgan fingerprint density at radius 2 is 1.63 bits per heavy atom. The average molecular weight is 414 g/mol. The highest BCUT2D eigenvalue weighted by Gasteiger charge is 2.15. The largest absolute Gasteiger partial charge is 0.490 e. The van der Waals surface area contributed by atoms with Gasteiger partial charge in [-0.15, -0.1) is 0 Å². The first-order valence-corrected chi connectivity index (χ1v) is 9.59. The van der Waals surface area contributed by atoms with Crippen molar-refractivity contribution < 1.29 is 28.6 Å². The maximum atomic E-state index is 12.2. The minimum absolute atomic E-state index is 0.380. The van der Waals surface area contributed by atoms with Crippen molar-refractivity contribution in [1.29, 1.82) is 0 Å². The quantitative estimate of drug-likeness (QED) is 0.640. The predicted molar refractivity (Wildman–Crippen MR) is 112 cm³/mol. The Balaban J connectivity index is 1.90. The van der Waals surface area contributed by atoms with Crippen LogP contribution in [-0.4, -0.2) is 37.7 Å². The maximum Gasteiger partial charge on any atom is 0.338 e. The molecule has 0 saturated carbocycles. The molecule has 2 N–H and O–H groups in total. The molecule has 0 radical (unpaired) electrons. The van der Waals surface area contributed by atoms with Gasteiger partial charge in [-0.25, -0.2) is 9.59 Å². The molecule has 2 rings (SSSR count). The molecule has 0 saturated heterocycles. The van der Waals surface area contributed by atoms with Gasteiger partial charge < -0.3 is 19.5 Å². The first-order chi connectivity index (χ1) is 14.3. The third kappa shape index (κ3) is 6.23. The number of imide groups is 1. The van der Waals surface area contributed by atoms with E-state index in [0.717, 1.165) is 11.1 Å². The lowest BCUT2D eigenvalue weighted by atomic mass is 10.0. The lowest BCUT2D eigenvalue weighted by Gasteiger charge is -2.13. The van der Waals surface area contributed by atoms with Crippen molar-refractivity contribution >= 4 is 23.6 Å². The number of aryl methyl sites for hydroxylation is 1. The molecule has 0 fully saturated rings. The summed E-state index contributed by atoms with van der Waals surface area (Å²) in [6.07, 6.45) is 0. The van der Waals surface area contributed by atoms with Crippen molar-refractivity contribution in [2.24, 2.45) is 0 Å². The van der Waals surface area contributed by atoms with Crippen molar-refractivity contribution in [3.8, 4) is 11.5 Å². The topological polar surface area (TPSA) is 103 Å². The molecule has 0 aliphatic heterocycles. The second kappa shape index (κ2) is 10.8. The number of anilines is 1. The highest BCUT2D eigenvalue weighted by atomic mass is 16.5. The zero-order valence-electron chi connectivity index (χ0n) is 17.5. The van der Waals surface area contributed by atoms with E-state index in [2.05, 4.69) is 10.6 Å². The molecule has 0 aromatic heterocycles. The van der Waals surface area contributed by atoms with E-state index in [1.165, 1.54) is 0 Å². The maximum absolute atomic E-state index is 12.2. The Morgan fingerprint density at radius 1 is 0.933 bits per heavy atom. The first-order valence-electron chi connectivity index (χ1n) is 9.59. The van der Waals surface area contributed by atoms with E-state index in [-0.39, 0.29) is 0 Å². The van der Waals surface area contributed by atoms with Crippen molar-refractivity contribution in [3.63, 3.8) is 0 Å². The van der Waals surface area contributed by atoms with Gasteiger partial charge in [-0.2, -0.15) is 0 Å². The lowest BCUT2D eigenvalue weighted by Crippen LogP contribution is -2.37. The Kier molecular flexibility index (Phi) is 8.22. The van der Waals surface area contributed by atoms with Crippen LogP contribution in [0.5, 0.6) is 11.5 Å². The summed E-state index contributed by atoms with van der Waals surface area (Å²) in [4.78, 5) is 36.2. The van der Waals surface area contributed by atoms with Crippen LogP contribution < -0.4 is 20.1 Å². The Morgan fingerprint density at radius 3 is 2.33 bits per heavy atom. The fourth-order valence-electron chi connectivity index (χ4n) is 2.64. The molecular weight excluding hydrogens is 388 g/mol. The van der Waals surface area contributed by atoms with Crippen molar-refractivity contribution in [3.05, 3.63) is 53.1 Å². The summed E-state index contributed by atoms with van der Waals surface area (Å²) in [5, 5.41) is 4.64. The lowest BCUT2D eigenvalue weighted by molar-refractivity contribution is -0.123. The fraction of sp³-hybridized carbons (Fsp3) is 0.318. The number of urea groups is 1. The molecule has 160 valence electrons. The number of carbonyl (C=O) groups is 3. The molecule has 30 heavy (non-hydrogen) atoms. The number of amides is 3. The predicted octanol–water partition coefficient (Wildman–Crippen LogP) is 3.61. The molecule has 0 unspecified atom stereocenters. The van der Waals surface area contributed by atoms with E-state index in [0.29, 0.717) is 36.0 Å². The van der Waals surface area contributed by atoms with Gasteiger partial charge >= 0.3 is 12.0 Å². The SMILES string of the molecule is CCOc1ccc(NC(=O)NC(=O)COC(=O)c2cccc(C)c2C)cc1OCC. The number of ether oxygens (including phenoxy) is 3. The zero-order chi connectivity index (χ0) is 22.1. The number of esters is 1. The van der Waals surface area contributed by atoms with Crippen LogP contribution in [0.2, 0.25) is 0 Å². The zero-order valence-corrected chi connectivity index (χ0v) is 17.5. The summed E-state index contributed by atoms with van der Waals surface area (Å²) in [5.41, 5.74) is 2.51. The molecule has 8 heteroatoms. The Bertz CT molecular complexity index is 926. The number of benzene rings is 2. The molecule has 2 aromatic carbocycles. The van der Waals surface area contributed by atoms with Gasteiger partial charge in [0.15, 0.2) is 18.1 Å². The van der Waals surface area contributed by atoms with E-state index < -0.39 is 24.5 Å². The number of rotatable bonds is 8. The van der Waals surface area contributed by atoms with E-state index in [1.54, 1.807) is 37.3 Å². The van der Waals surface area contributed by atoms with E-state index in [1.807, 2.05) is 26.8 Å². The highest BCUT2D eigenvalue weighted by Crippen LogP contribution is 2.30. The minimum Gasteiger partial charge on any atom is -0.490 e. The molecule has 0 heterocycles. The fourth-order valence-corrected chi connectivity index (χ4v) is 2.64. The van der Waals surface area contributed by atoms with Gasteiger partial charge in [-0.3, -0.25) is 10.1 Å². The number of hydrogen-bond acceptors (Lipinski definition) is 6. The van der Waals surface area contributed by atoms with Crippen LogP contribution in [0.3, 0.4) is 0 Å². The van der Waals surface area contributed by atoms with E-state index in [9.17, 15) is 14.4 Å². The molecule has 0 spiro atoms. The number of nitrogens with one attached hydrogen (secondary N) is 2. The van der Waals surface area contributed by atoms with Gasteiger partial charge in [0, 0.05) is 11.8 Å². The molecule has 3 amide bonds. The Labute approximate surface area is 175 Å². The van der Waals surface area contributed by atoms with Gasteiger partial charge in [0.25, 0.3) is 5.91 Å². The molecule has 0 bridgehead atoms. The van der Waals surface area contributed by atoms with Gasteiger partial charge in [0.2, 0.25) is 0 Å². The summed E-state index contributed by atoms with van der Waals surface area (Å²) in [6, 6.07) is 9.36. The van der Waals surface area contributed by atoms with Crippen LogP contribution in [-0.2, 0) is 9.53 Å². The molecular formula is C22H26N2O6. The summed E-state index contributed by atoms with van der Waals surface area (Å²) in [6.45, 7) is 7.69. The highest BCUT2D eigenvalue weighted by molar-refractivity contribution is 6.02. The molecule has 0 atom stereocenters. The van der Waals surface area contributed by atoms with Crippen molar-refractivity contribution in [2.45, 2.75) is 27.7 Å².